The third kappa shape index (κ3) is 3.69. The van der Waals surface area contributed by atoms with Gasteiger partial charge >= 0.3 is 6.18 Å². The fraction of sp³-hybridized carbons (Fsp3) is 0.188. The van der Waals surface area contributed by atoms with E-state index < -0.39 is 28.6 Å². The summed E-state index contributed by atoms with van der Waals surface area (Å²) in [4.78, 5) is 12.0. The van der Waals surface area contributed by atoms with E-state index in [1.807, 2.05) is 0 Å². The van der Waals surface area contributed by atoms with E-state index in [0.29, 0.717) is 11.6 Å². The van der Waals surface area contributed by atoms with Gasteiger partial charge in [-0.3, -0.25) is 10.0 Å². The highest BCUT2D eigenvalue weighted by Gasteiger charge is 2.32. The van der Waals surface area contributed by atoms with Gasteiger partial charge < -0.3 is 10.4 Å². The van der Waals surface area contributed by atoms with Gasteiger partial charge in [-0.1, -0.05) is 36.4 Å². The largest absolute Gasteiger partial charge is 0.733 e. The van der Waals surface area contributed by atoms with Gasteiger partial charge in [0.05, 0.1) is 17.2 Å². The molecular weight excluding hydrogens is 311 g/mol. The van der Waals surface area contributed by atoms with Gasteiger partial charge in [0.25, 0.3) is 0 Å². The van der Waals surface area contributed by atoms with Crippen molar-refractivity contribution in [2.24, 2.45) is 0 Å². The average Bonchev–Trinajstić information content (AvgIpc) is 2.47. The number of anilines is 1. The second kappa shape index (κ2) is 6.39. The number of alkyl halides is 3. The van der Waals surface area contributed by atoms with Crippen LogP contribution in [-0.4, -0.2) is 11.0 Å². The first-order chi connectivity index (χ1) is 10.7. The summed E-state index contributed by atoms with van der Waals surface area (Å²) in [6, 6.07) is 10.7. The number of benzene rings is 2. The van der Waals surface area contributed by atoms with Gasteiger partial charge in [0.15, 0.2) is 0 Å². The normalized spacial score (nSPS) is 12.8. The standard InChI is InChI=1S/C16H13F3NO3/c1-10(21)15(11-5-3-2-4-6-11)13-8-7-12(16(17,18)19)9-14(13)20(22)23/h2-9,15,22H,1H3/q-1. The lowest BCUT2D eigenvalue weighted by Crippen LogP contribution is -2.18. The Hall–Kier alpha value is -2.38. The summed E-state index contributed by atoms with van der Waals surface area (Å²) in [5.41, 5.74) is -1.16. The molecule has 122 valence electrons. The smallest absolute Gasteiger partial charge is 0.416 e. The Bertz CT molecular complexity index is 699. The number of hydrogen-bond acceptors (Lipinski definition) is 4. The molecule has 2 aromatic rings. The van der Waals surface area contributed by atoms with Crippen molar-refractivity contribution in [3.63, 3.8) is 0 Å². The van der Waals surface area contributed by atoms with Crippen molar-refractivity contribution in [2.75, 3.05) is 5.23 Å². The monoisotopic (exact) mass is 324 g/mol. The Kier molecular flexibility index (Phi) is 4.72. The molecule has 2 aromatic carbocycles. The number of halogens is 3. The van der Waals surface area contributed by atoms with Crippen LogP contribution in [0.3, 0.4) is 0 Å². The Morgan fingerprint density at radius 3 is 2.26 bits per heavy atom. The molecule has 0 aliphatic rings. The summed E-state index contributed by atoms with van der Waals surface area (Å²) in [5, 5.41) is 19.8. The molecule has 2 rings (SSSR count). The van der Waals surface area contributed by atoms with Crippen molar-refractivity contribution >= 4 is 11.5 Å². The lowest BCUT2D eigenvalue weighted by Gasteiger charge is -2.28. The van der Waals surface area contributed by atoms with Gasteiger partial charge in [-0.15, -0.1) is 0 Å². The summed E-state index contributed by atoms with van der Waals surface area (Å²) in [5.74, 6) is -1.31. The molecule has 0 bridgehead atoms. The van der Waals surface area contributed by atoms with Crippen LogP contribution in [-0.2, 0) is 11.0 Å². The Labute approximate surface area is 130 Å². The van der Waals surface area contributed by atoms with Crippen LogP contribution >= 0.6 is 0 Å². The molecule has 1 unspecified atom stereocenters. The number of hydrogen-bond donors (Lipinski definition) is 1. The molecule has 0 amide bonds. The Balaban J connectivity index is 2.62. The quantitative estimate of drug-likeness (QED) is 0.859. The van der Waals surface area contributed by atoms with Crippen molar-refractivity contribution in [3.8, 4) is 0 Å². The summed E-state index contributed by atoms with van der Waals surface area (Å²) in [6.07, 6.45) is -4.66. The van der Waals surface area contributed by atoms with Gasteiger partial charge in [-0.05, 0) is 30.2 Å². The first-order valence-corrected chi connectivity index (χ1v) is 6.64. The van der Waals surface area contributed by atoms with Crippen molar-refractivity contribution in [3.05, 3.63) is 70.4 Å². The maximum Gasteiger partial charge on any atom is 0.416 e. The minimum atomic E-state index is -4.66. The third-order valence-corrected chi connectivity index (χ3v) is 3.41. The molecule has 0 heterocycles. The predicted molar refractivity (Wildman–Crippen MR) is 78.0 cm³/mol. The van der Waals surface area contributed by atoms with Gasteiger partial charge in [0.2, 0.25) is 0 Å². The van der Waals surface area contributed by atoms with Gasteiger partial charge in [0, 0.05) is 0 Å². The first-order valence-electron chi connectivity index (χ1n) is 6.64. The lowest BCUT2D eigenvalue weighted by atomic mass is 9.86. The molecule has 0 spiro atoms. The number of carbonyl (C=O) groups excluding carboxylic acids is 1. The fourth-order valence-electron chi connectivity index (χ4n) is 2.41. The molecule has 0 aliphatic heterocycles. The zero-order chi connectivity index (χ0) is 17.2. The maximum absolute atomic E-state index is 12.8. The Morgan fingerprint density at radius 2 is 1.78 bits per heavy atom. The zero-order valence-electron chi connectivity index (χ0n) is 12.0. The van der Waals surface area contributed by atoms with Crippen LogP contribution in [0.5, 0.6) is 0 Å². The molecule has 0 saturated heterocycles. The second-order valence-corrected chi connectivity index (χ2v) is 5.00. The minimum Gasteiger partial charge on any atom is -0.733 e. The number of Topliss-reactive ketones (excluding diaryl/α,β-unsaturated/α-hetero) is 1. The molecule has 0 aromatic heterocycles. The SMILES string of the molecule is CC(=O)C(c1ccccc1)c1ccc(C(F)(F)F)cc1N([O-])O. The van der Waals surface area contributed by atoms with Crippen LogP contribution in [0, 0.1) is 5.21 Å². The highest BCUT2D eigenvalue weighted by Crippen LogP contribution is 2.37. The number of nitrogens with zero attached hydrogens (tertiary/aromatic N) is 1. The van der Waals surface area contributed by atoms with Crippen molar-refractivity contribution < 1.29 is 23.2 Å². The number of carbonyl (C=O) groups is 1. The topological polar surface area (TPSA) is 63.6 Å². The molecule has 23 heavy (non-hydrogen) atoms. The van der Waals surface area contributed by atoms with E-state index in [4.69, 9.17) is 0 Å². The summed E-state index contributed by atoms with van der Waals surface area (Å²) >= 11 is 0. The van der Waals surface area contributed by atoms with Crippen LogP contribution < -0.4 is 5.23 Å². The van der Waals surface area contributed by atoms with Crippen molar-refractivity contribution in [1.29, 1.82) is 0 Å². The molecule has 7 heteroatoms. The van der Waals surface area contributed by atoms with E-state index in [1.54, 1.807) is 30.3 Å². The van der Waals surface area contributed by atoms with E-state index in [9.17, 15) is 28.4 Å². The summed E-state index contributed by atoms with van der Waals surface area (Å²) in [6.45, 7) is 1.27. The summed E-state index contributed by atoms with van der Waals surface area (Å²) in [7, 11) is 0. The molecule has 0 aliphatic carbocycles. The predicted octanol–water partition coefficient (Wildman–Crippen LogP) is 4.12. The van der Waals surface area contributed by atoms with Crippen LogP contribution in [0.2, 0.25) is 0 Å². The van der Waals surface area contributed by atoms with E-state index in [-0.39, 0.29) is 11.3 Å². The highest BCUT2D eigenvalue weighted by molar-refractivity contribution is 5.89. The fourth-order valence-corrected chi connectivity index (χ4v) is 2.41. The van der Waals surface area contributed by atoms with Crippen molar-refractivity contribution in [1.82, 2.24) is 0 Å². The van der Waals surface area contributed by atoms with E-state index >= 15 is 0 Å². The highest BCUT2D eigenvalue weighted by atomic mass is 19.4. The molecule has 4 nitrogen and oxygen atoms in total. The van der Waals surface area contributed by atoms with Crippen LogP contribution in [0.1, 0.15) is 29.5 Å². The number of rotatable bonds is 4. The first kappa shape index (κ1) is 17.0. The molecule has 0 radical (unpaired) electrons. The van der Waals surface area contributed by atoms with Crippen LogP contribution in [0.15, 0.2) is 48.5 Å². The minimum absolute atomic E-state index is 0.00852. The lowest BCUT2D eigenvalue weighted by molar-refractivity contribution is -0.137. The maximum atomic E-state index is 12.8. The molecule has 1 N–H and O–H groups in total. The molecule has 1 atom stereocenters. The molecule has 0 saturated carbocycles. The summed E-state index contributed by atoms with van der Waals surface area (Å²) < 4.78 is 38.3. The van der Waals surface area contributed by atoms with E-state index in [0.717, 1.165) is 12.1 Å². The second-order valence-electron chi connectivity index (χ2n) is 5.00. The van der Waals surface area contributed by atoms with Gasteiger partial charge in [-0.25, -0.2) is 0 Å². The van der Waals surface area contributed by atoms with Gasteiger partial charge in [0.1, 0.15) is 5.78 Å². The average molecular weight is 324 g/mol. The Morgan fingerprint density at radius 1 is 1.17 bits per heavy atom. The molecule has 0 fully saturated rings. The van der Waals surface area contributed by atoms with Crippen molar-refractivity contribution in [2.45, 2.75) is 19.0 Å². The number of ketones is 1. The van der Waals surface area contributed by atoms with Gasteiger partial charge in [-0.2, -0.15) is 13.2 Å². The third-order valence-electron chi connectivity index (χ3n) is 3.41. The van der Waals surface area contributed by atoms with Crippen LogP contribution in [0.4, 0.5) is 18.9 Å². The van der Waals surface area contributed by atoms with E-state index in [2.05, 4.69) is 0 Å². The zero-order valence-corrected chi connectivity index (χ0v) is 12.0. The van der Waals surface area contributed by atoms with Crippen LogP contribution in [0.25, 0.3) is 0 Å². The molecular formula is C16H13F3NO3-. The van der Waals surface area contributed by atoms with E-state index in [1.165, 1.54) is 6.92 Å².